The highest BCUT2D eigenvalue weighted by Crippen LogP contribution is 2.21. The zero-order valence-electron chi connectivity index (χ0n) is 6.70. The molecule has 0 aliphatic carbocycles. The molecule has 0 saturated carbocycles. The Labute approximate surface area is 82.5 Å². The van der Waals surface area contributed by atoms with Crippen molar-refractivity contribution in [2.75, 3.05) is 5.75 Å². The lowest BCUT2D eigenvalue weighted by atomic mass is 10.4. The van der Waals surface area contributed by atoms with Crippen LogP contribution in [-0.2, 0) is 9.84 Å². The van der Waals surface area contributed by atoms with Gasteiger partial charge in [-0.2, -0.15) is 0 Å². The van der Waals surface area contributed by atoms with Crippen LogP contribution in [0.25, 0.3) is 0 Å². The highest BCUT2D eigenvalue weighted by atomic mass is 35.5. The van der Waals surface area contributed by atoms with Gasteiger partial charge in [-0.25, -0.2) is 8.42 Å². The Kier molecular flexibility index (Phi) is 2.97. The molecule has 1 rings (SSSR count). The van der Waals surface area contributed by atoms with Crippen molar-refractivity contribution in [1.82, 2.24) is 0 Å². The van der Waals surface area contributed by atoms with Crippen LogP contribution in [-0.4, -0.2) is 14.2 Å². The van der Waals surface area contributed by atoms with Crippen molar-refractivity contribution in [3.63, 3.8) is 0 Å². The first-order valence-corrected chi connectivity index (χ1v) is 5.51. The van der Waals surface area contributed by atoms with Gasteiger partial charge in [0.1, 0.15) is 5.75 Å². The molecule has 0 heterocycles. The van der Waals surface area contributed by atoms with E-state index in [9.17, 15) is 8.42 Å². The highest BCUT2D eigenvalue weighted by Gasteiger charge is 2.15. The second-order valence-corrected chi connectivity index (χ2v) is 4.76. The summed E-state index contributed by atoms with van der Waals surface area (Å²) in [6, 6.07) is 6.23. The third-order valence-corrected chi connectivity index (χ3v) is 3.46. The monoisotopic (exact) mass is 214 g/mol. The summed E-state index contributed by atoms with van der Waals surface area (Å²) in [4.78, 5) is 0.0922. The van der Waals surface area contributed by atoms with E-state index in [1.807, 2.05) is 0 Å². The first-order chi connectivity index (χ1) is 6.08. The van der Waals surface area contributed by atoms with E-state index in [-0.39, 0.29) is 15.7 Å². The minimum absolute atomic E-state index is 0.0922. The first kappa shape index (κ1) is 10.1. The van der Waals surface area contributed by atoms with Crippen molar-refractivity contribution < 1.29 is 8.42 Å². The molecule has 2 nitrogen and oxygen atoms in total. The lowest BCUT2D eigenvalue weighted by molar-refractivity contribution is 0.599. The topological polar surface area (TPSA) is 34.1 Å². The number of halogens is 1. The van der Waals surface area contributed by atoms with Crippen LogP contribution in [0, 0.1) is 12.3 Å². The fourth-order valence-corrected chi connectivity index (χ4v) is 2.40. The molecule has 0 aliphatic heterocycles. The van der Waals surface area contributed by atoms with E-state index in [1.165, 1.54) is 12.1 Å². The summed E-state index contributed by atoms with van der Waals surface area (Å²) in [6.45, 7) is 0. The van der Waals surface area contributed by atoms with Crippen molar-refractivity contribution >= 4 is 21.4 Å². The number of hydrogen-bond acceptors (Lipinski definition) is 2. The van der Waals surface area contributed by atoms with Gasteiger partial charge in [0.2, 0.25) is 0 Å². The molecule has 13 heavy (non-hydrogen) atoms. The standard InChI is InChI=1S/C9H7ClO2S/c1-2-7-13(11,12)9-6-4-3-5-8(9)10/h1,3-6H,7H2. The van der Waals surface area contributed by atoms with Gasteiger partial charge in [0.15, 0.2) is 9.84 Å². The van der Waals surface area contributed by atoms with Gasteiger partial charge in [0.05, 0.1) is 9.92 Å². The minimum atomic E-state index is -3.41. The fraction of sp³-hybridized carbons (Fsp3) is 0.111. The summed E-state index contributed by atoms with van der Waals surface area (Å²) in [5, 5.41) is 0.206. The number of sulfone groups is 1. The van der Waals surface area contributed by atoms with Gasteiger partial charge in [-0.05, 0) is 12.1 Å². The van der Waals surface area contributed by atoms with Gasteiger partial charge < -0.3 is 0 Å². The predicted molar refractivity (Wildman–Crippen MR) is 52.3 cm³/mol. The molecular weight excluding hydrogens is 208 g/mol. The van der Waals surface area contributed by atoms with Crippen LogP contribution in [0.4, 0.5) is 0 Å². The van der Waals surface area contributed by atoms with E-state index >= 15 is 0 Å². The molecule has 0 aliphatic rings. The summed E-state index contributed by atoms with van der Waals surface area (Å²) in [6.07, 6.45) is 4.93. The fourth-order valence-electron chi connectivity index (χ4n) is 0.884. The normalized spacial score (nSPS) is 10.8. The first-order valence-electron chi connectivity index (χ1n) is 3.48. The van der Waals surface area contributed by atoms with Crippen LogP contribution < -0.4 is 0 Å². The van der Waals surface area contributed by atoms with Crippen molar-refractivity contribution in [3.05, 3.63) is 29.3 Å². The summed E-state index contributed by atoms with van der Waals surface area (Å²) >= 11 is 5.70. The number of benzene rings is 1. The summed E-state index contributed by atoms with van der Waals surface area (Å²) < 4.78 is 22.9. The molecule has 0 atom stereocenters. The minimum Gasteiger partial charge on any atom is -0.223 e. The Morgan fingerprint density at radius 2 is 2.00 bits per heavy atom. The van der Waals surface area contributed by atoms with E-state index in [0.29, 0.717) is 0 Å². The molecule has 0 saturated heterocycles. The molecule has 0 spiro atoms. The maximum Gasteiger partial charge on any atom is 0.191 e. The Morgan fingerprint density at radius 3 is 2.54 bits per heavy atom. The molecule has 68 valence electrons. The summed E-state index contributed by atoms with van der Waals surface area (Å²) in [5.74, 6) is 1.76. The molecule has 0 radical (unpaired) electrons. The second-order valence-electron chi connectivity index (χ2n) is 2.39. The van der Waals surface area contributed by atoms with Crippen LogP contribution in [0.5, 0.6) is 0 Å². The van der Waals surface area contributed by atoms with Gasteiger partial charge in [0, 0.05) is 0 Å². The zero-order chi connectivity index (χ0) is 9.90. The van der Waals surface area contributed by atoms with Gasteiger partial charge >= 0.3 is 0 Å². The average molecular weight is 215 g/mol. The van der Waals surface area contributed by atoms with Crippen LogP contribution in [0.3, 0.4) is 0 Å². The number of hydrogen-bond donors (Lipinski definition) is 0. The molecule has 0 unspecified atom stereocenters. The molecule has 0 aromatic heterocycles. The van der Waals surface area contributed by atoms with Crippen LogP contribution >= 0.6 is 11.6 Å². The van der Waals surface area contributed by atoms with Gasteiger partial charge in [0.25, 0.3) is 0 Å². The van der Waals surface area contributed by atoms with E-state index < -0.39 is 9.84 Å². The maximum atomic E-state index is 11.4. The van der Waals surface area contributed by atoms with Crippen molar-refractivity contribution in [2.45, 2.75) is 4.90 Å². The van der Waals surface area contributed by atoms with Crippen LogP contribution in [0.1, 0.15) is 0 Å². The van der Waals surface area contributed by atoms with E-state index in [4.69, 9.17) is 18.0 Å². The van der Waals surface area contributed by atoms with Crippen molar-refractivity contribution in [3.8, 4) is 12.3 Å². The third-order valence-electron chi connectivity index (χ3n) is 1.45. The van der Waals surface area contributed by atoms with E-state index in [2.05, 4.69) is 5.92 Å². The SMILES string of the molecule is C#CCS(=O)(=O)c1ccccc1Cl. The zero-order valence-corrected chi connectivity index (χ0v) is 8.27. The predicted octanol–water partition coefficient (Wildman–Crippen LogP) is 1.75. The molecule has 4 heteroatoms. The van der Waals surface area contributed by atoms with Crippen molar-refractivity contribution in [1.29, 1.82) is 0 Å². The molecule has 0 amide bonds. The molecule has 1 aromatic carbocycles. The molecule has 0 N–H and O–H groups in total. The summed E-state index contributed by atoms with van der Waals surface area (Å²) in [7, 11) is -3.41. The maximum absolute atomic E-state index is 11.4. The third kappa shape index (κ3) is 2.24. The molecule has 0 fully saturated rings. The molecular formula is C9H7ClO2S. The van der Waals surface area contributed by atoms with Crippen LogP contribution in [0.15, 0.2) is 29.2 Å². The Bertz CT molecular complexity index is 443. The number of terminal acetylenes is 1. The van der Waals surface area contributed by atoms with Crippen LogP contribution in [0.2, 0.25) is 5.02 Å². The largest absolute Gasteiger partial charge is 0.223 e. The lowest BCUT2D eigenvalue weighted by Gasteiger charge is -2.01. The number of rotatable bonds is 2. The Balaban J connectivity index is 3.25. The Morgan fingerprint density at radius 1 is 1.38 bits per heavy atom. The lowest BCUT2D eigenvalue weighted by Crippen LogP contribution is -2.05. The quantitative estimate of drug-likeness (QED) is 0.703. The highest BCUT2D eigenvalue weighted by molar-refractivity contribution is 7.91. The molecule has 1 aromatic rings. The van der Waals surface area contributed by atoms with Crippen molar-refractivity contribution in [2.24, 2.45) is 0 Å². The van der Waals surface area contributed by atoms with Gasteiger partial charge in [-0.1, -0.05) is 29.7 Å². The van der Waals surface area contributed by atoms with E-state index in [0.717, 1.165) is 0 Å². The smallest absolute Gasteiger partial charge is 0.191 e. The van der Waals surface area contributed by atoms with Gasteiger partial charge in [-0.3, -0.25) is 0 Å². The Hall–Kier alpha value is -0.980. The second kappa shape index (κ2) is 3.82. The average Bonchev–Trinajstić information content (AvgIpc) is 2.04. The summed E-state index contributed by atoms with van der Waals surface area (Å²) in [5.41, 5.74) is 0. The van der Waals surface area contributed by atoms with Gasteiger partial charge in [-0.15, -0.1) is 6.42 Å². The van der Waals surface area contributed by atoms with E-state index in [1.54, 1.807) is 12.1 Å². The molecule has 0 bridgehead atoms.